The summed E-state index contributed by atoms with van der Waals surface area (Å²) in [5.74, 6) is -0.371. The molecule has 1 atom stereocenters. The molecule has 3 N–H and O–H groups in total. The number of carbonyl (C=O) groups is 2. The maximum Gasteiger partial charge on any atom is 0.317 e. The maximum atomic E-state index is 12.7. The summed E-state index contributed by atoms with van der Waals surface area (Å²) >= 11 is 0. The third kappa shape index (κ3) is 3.88. The molecule has 1 aromatic heterocycles. The smallest absolute Gasteiger partial charge is 0.317 e. The van der Waals surface area contributed by atoms with Crippen LogP contribution in [0.2, 0.25) is 0 Å². The van der Waals surface area contributed by atoms with Gasteiger partial charge in [0.1, 0.15) is 0 Å². The molecule has 0 radical (unpaired) electrons. The van der Waals surface area contributed by atoms with Crippen molar-refractivity contribution < 1.29 is 9.59 Å². The second-order valence-electron chi connectivity index (χ2n) is 7.75. The minimum Gasteiger partial charge on any atom is -0.369 e. The summed E-state index contributed by atoms with van der Waals surface area (Å²) < 4.78 is 2.06. The number of urea groups is 1. The van der Waals surface area contributed by atoms with E-state index in [0.717, 1.165) is 31.4 Å². The van der Waals surface area contributed by atoms with Crippen LogP contribution in [-0.4, -0.2) is 39.7 Å². The van der Waals surface area contributed by atoms with Crippen molar-refractivity contribution in [1.82, 2.24) is 20.0 Å². The molecule has 1 aliphatic carbocycles. The Kier molecular flexibility index (Phi) is 5.32. The number of piperidine rings is 1. The number of fused-ring (bicyclic) bond motifs is 1. The van der Waals surface area contributed by atoms with Crippen molar-refractivity contribution in [2.45, 2.75) is 44.7 Å². The zero-order valence-corrected chi connectivity index (χ0v) is 16.0. The molecule has 7 heteroatoms. The van der Waals surface area contributed by atoms with Crippen LogP contribution in [0.3, 0.4) is 0 Å². The molecule has 1 aromatic carbocycles. The maximum absolute atomic E-state index is 12.7. The highest BCUT2D eigenvalue weighted by molar-refractivity contribution is 5.78. The van der Waals surface area contributed by atoms with Crippen LogP contribution in [0.5, 0.6) is 0 Å². The summed E-state index contributed by atoms with van der Waals surface area (Å²) in [5.41, 5.74) is 8.94. The summed E-state index contributed by atoms with van der Waals surface area (Å²) in [4.78, 5) is 25.8. The molecule has 0 saturated carbocycles. The van der Waals surface area contributed by atoms with Gasteiger partial charge in [-0.1, -0.05) is 30.3 Å². The fourth-order valence-corrected chi connectivity index (χ4v) is 4.27. The molecule has 4 rings (SSSR count). The molecule has 2 heterocycles. The van der Waals surface area contributed by atoms with Crippen LogP contribution in [0.15, 0.2) is 36.5 Å². The van der Waals surface area contributed by atoms with Gasteiger partial charge in [-0.2, -0.15) is 5.10 Å². The quantitative estimate of drug-likeness (QED) is 0.850. The molecule has 0 bridgehead atoms. The highest BCUT2D eigenvalue weighted by Gasteiger charge is 2.30. The van der Waals surface area contributed by atoms with Crippen LogP contribution < -0.4 is 11.1 Å². The third-order valence-corrected chi connectivity index (χ3v) is 5.92. The number of aromatic nitrogens is 2. The molecule has 0 spiro atoms. The first kappa shape index (κ1) is 18.5. The number of benzene rings is 1. The Balaban J connectivity index is 1.41. The molecule has 1 fully saturated rings. The Bertz CT molecular complexity index is 840. The fourth-order valence-electron chi connectivity index (χ4n) is 4.27. The minimum absolute atomic E-state index is 0.00497. The first-order chi connectivity index (χ1) is 13.6. The van der Waals surface area contributed by atoms with Crippen LogP contribution >= 0.6 is 0 Å². The first-order valence-electron chi connectivity index (χ1n) is 10.0. The lowest BCUT2D eigenvalue weighted by Gasteiger charge is -2.33. The summed E-state index contributed by atoms with van der Waals surface area (Å²) in [7, 11) is 0. The number of nitrogens with two attached hydrogens (primary N) is 1. The van der Waals surface area contributed by atoms with Crippen molar-refractivity contribution in [3.8, 4) is 0 Å². The summed E-state index contributed by atoms with van der Waals surface area (Å²) in [6.07, 6.45) is 6.14. The number of nitrogens with zero attached hydrogens (tertiary/aromatic N) is 3. The number of likely N-dealkylation sites (tertiary alicyclic amines) is 1. The lowest BCUT2D eigenvalue weighted by Crippen LogP contribution is -2.47. The van der Waals surface area contributed by atoms with Crippen LogP contribution in [0.4, 0.5) is 4.79 Å². The van der Waals surface area contributed by atoms with Gasteiger partial charge in [-0.3, -0.25) is 9.48 Å². The van der Waals surface area contributed by atoms with Crippen molar-refractivity contribution in [2.75, 3.05) is 13.1 Å². The van der Waals surface area contributed by atoms with Crippen molar-refractivity contribution in [2.24, 2.45) is 11.7 Å². The van der Waals surface area contributed by atoms with Crippen LogP contribution in [0.1, 0.15) is 48.5 Å². The molecule has 7 nitrogen and oxygen atoms in total. The number of amides is 3. The van der Waals surface area contributed by atoms with E-state index in [0.29, 0.717) is 25.9 Å². The van der Waals surface area contributed by atoms with Crippen molar-refractivity contribution in [1.29, 1.82) is 0 Å². The minimum atomic E-state index is -0.261. The second-order valence-corrected chi connectivity index (χ2v) is 7.75. The predicted octanol–water partition coefficient (Wildman–Crippen LogP) is 2.22. The van der Waals surface area contributed by atoms with E-state index in [-0.39, 0.29) is 23.9 Å². The molecule has 1 unspecified atom stereocenters. The summed E-state index contributed by atoms with van der Waals surface area (Å²) in [6.45, 7) is 1.90. The average Bonchev–Trinajstić information content (AvgIpc) is 3.13. The zero-order chi connectivity index (χ0) is 19.5. The molecule has 148 valence electrons. The van der Waals surface area contributed by atoms with E-state index >= 15 is 0 Å². The van der Waals surface area contributed by atoms with Gasteiger partial charge in [-0.05, 0) is 37.7 Å². The SMILES string of the molecule is NC(=O)C1CCN(C(=O)NC2CCCc3c2cnn3Cc2ccccc2)CC1. The van der Waals surface area contributed by atoms with E-state index in [1.165, 1.54) is 11.3 Å². The lowest BCUT2D eigenvalue weighted by molar-refractivity contribution is -0.123. The van der Waals surface area contributed by atoms with E-state index in [2.05, 4.69) is 27.2 Å². The first-order valence-corrected chi connectivity index (χ1v) is 10.0. The lowest BCUT2D eigenvalue weighted by atomic mass is 9.92. The number of hydrogen-bond donors (Lipinski definition) is 2. The van der Waals surface area contributed by atoms with Gasteiger partial charge in [0.15, 0.2) is 0 Å². The average molecular weight is 381 g/mol. The van der Waals surface area contributed by atoms with E-state index in [9.17, 15) is 9.59 Å². The highest BCUT2D eigenvalue weighted by atomic mass is 16.2. The van der Waals surface area contributed by atoms with Crippen molar-refractivity contribution in [3.05, 3.63) is 53.3 Å². The molecule has 1 aliphatic heterocycles. The number of hydrogen-bond acceptors (Lipinski definition) is 3. The summed E-state index contributed by atoms with van der Waals surface area (Å²) in [6, 6.07) is 10.2. The van der Waals surface area contributed by atoms with Gasteiger partial charge in [0.05, 0.1) is 18.8 Å². The largest absolute Gasteiger partial charge is 0.369 e. The zero-order valence-electron chi connectivity index (χ0n) is 16.0. The standard InChI is InChI=1S/C21H27N5O2/c22-20(27)16-9-11-25(12-10-16)21(28)24-18-7-4-8-19-17(18)13-23-26(19)14-15-5-2-1-3-6-15/h1-3,5-6,13,16,18H,4,7-12,14H2,(H2,22,27)(H,24,28). The predicted molar refractivity (Wildman–Crippen MR) is 105 cm³/mol. The molecular weight excluding hydrogens is 354 g/mol. The van der Waals surface area contributed by atoms with Gasteiger partial charge >= 0.3 is 6.03 Å². The molecule has 2 aromatic rings. The van der Waals surface area contributed by atoms with Crippen LogP contribution in [0.25, 0.3) is 0 Å². The molecule has 28 heavy (non-hydrogen) atoms. The van der Waals surface area contributed by atoms with E-state index in [1.807, 2.05) is 24.4 Å². The molecule has 3 amide bonds. The fraction of sp³-hybridized carbons (Fsp3) is 0.476. The highest BCUT2D eigenvalue weighted by Crippen LogP contribution is 2.30. The van der Waals surface area contributed by atoms with Gasteiger partial charge in [0.2, 0.25) is 5.91 Å². The number of primary amides is 1. The number of carbonyl (C=O) groups excluding carboxylic acids is 2. The summed E-state index contributed by atoms with van der Waals surface area (Å²) in [5, 5.41) is 7.78. The Morgan fingerprint density at radius 3 is 2.61 bits per heavy atom. The van der Waals surface area contributed by atoms with Crippen molar-refractivity contribution in [3.63, 3.8) is 0 Å². The Morgan fingerprint density at radius 1 is 1.14 bits per heavy atom. The normalized spacial score (nSPS) is 19.9. The van der Waals surface area contributed by atoms with Gasteiger partial charge < -0.3 is 16.0 Å². The van der Waals surface area contributed by atoms with E-state index in [1.54, 1.807) is 4.90 Å². The van der Waals surface area contributed by atoms with Gasteiger partial charge in [-0.25, -0.2) is 4.79 Å². The van der Waals surface area contributed by atoms with E-state index < -0.39 is 0 Å². The Hall–Kier alpha value is -2.83. The van der Waals surface area contributed by atoms with E-state index in [4.69, 9.17) is 5.73 Å². The van der Waals surface area contributed by atoms with Gasteiger partial charge in [-0.15, -0.1) is 0 Å². The third-order valence-electron chi connectivity index (χ3n) is 5.92. The van der Waals surface area contributed by atoms with Crippen molar-refractivity contribution >= 4 is 11.9 Å². The van der Waals surface area contributed by atoms with Crippen LogP contribution in [0, 0.1) is 5.92 Å². The molecule has 2 aliphatic rings. The monoisotopic (exact) mass is 381 g/mol. The van der Waals surface area contributed by atoms with Gasteiger partial charge in [0.25, 0.3) is 0 Å². The van der Waals surface area contributed by atoms with Crippen LogP contribution in [-0.2, 0) is 17.8 Å². The van der Waals surface area contributed by atoms with Gasteiger partial charge in [0, 0.05) is 30.3 Å². The number of rotatable bonds is 4. The second kappa shape index (κ2) is 8.04. The molecular formula is C21H27N5O2. The molecule has 1 saturated heterocycles. The Morgan fingerprint density at radius 2 is 1.89 bits per heavy atom. The topological polar surface area (TPSA) is 93.2 Å². The Labute approximate surface area is 164 Å². The number of nitrogens with one attached hydrogen (secondary N) is 1.